The number of hydrogen-bond donors (Lipinski definition) is 1. The molecule has 4 aromatic rings. The van der Waals surface area contributed by atoms with Crippen LogP contribution in [0.2, 0.25) is 0 Å². The normalized spacial score (nSPS) is 14.3. The van der Waals surface area contributed by atoms with Crippen molar-refractivity contribution in [2.24, 2.45) is 0 Å². The van der Waals surface area contributed by atoms with Crippen molar-refractivity contribution in [3.63, 3.8) is 0 Å². The Bertz CT molecular complexity index is 1270. The maximum Gasteiger partial charge on any atom is 0.206 e. The van der Waals surface area contributed by atoms with E-state index in [2.05, 4.69) is 10.4 Å². The summed E-state index contributed by atoms with van der Waals surface area (Å²) in [6.07, 6.45) is 4.32. The first-order valence-corrected chi connectivity index (χ1v) is 10.6. The number of hydrogen-bond acceptors (Lipinski definition) is 5. The van der Waals surface area contributed by atoms with Gasteiger partial charge >= 0.3 is 0 Å². The van der Waals surface area contributed by atoms with Gasteiger partial charge in [0.2, 0.25) is 9.84 Å². The van der Waals surface area contributed by atoms with Crippen molar-refractivity contribution in [3.05, 3.63) is 71.7 Å². The topological polar surface area (TPSA) is 77.1 Å². The Morgan fingerprint density at radius 1 is 1.14 bits per heavy atom. The van der Waals surface area contributed by atoms with Gasteiger partial charge in [-0.2, -0.15) is 5.10 Å². The van der Waals surface area contributed by atoms with E-state index in [4.69, 9.17) is 4.42 Å². The Labute approximate surface area is 162 Å². The molecule has 3 heterocycles. The molecule has 2 aromatic carbocycles. The molecule has 28 heavy (non-hydrogen) atoms. The molecular formula is C21H19N3O3S. The lowest BCUT2D eigenvalue weighted by Crippen LogP contribution is -2.22. The summed E-state index contributed by atoms with van der Waals surface area (Å²) in [6, 6.07) is 12.0. The molecule has 0 bridgehead atoms. The molecule has 7 heteroatoms. The van der Waals surface area contributed by atoms with E-state index >= 15 is 0 Å². The van der Waals surface area contributed by atoms with Gasteiger partial charge in [0, 0.05) is 42.9 Å². The number of nitrogens with zero attached hydrogens (tertiary/aromatic N) is 2. The zero-order chi connectivity index (χ0) is 19.3. The van der Waals surface area contributed by atoms with Crippen molar-refractivity contribution in [1.82, 2.24) is 15.1 Å². The van der Waals surface area contributed by atoms with Crippen LogP contribution in [0.4, 0.5) is 0 Å². The molecule has 142 valence electrons. The van der Waals surface area contributed by atoms with Gasteiger partial charge in [0.25, 0.3) is 0 Å². The van der Waals surface area contributed by atoms with Crippen LogP contribution in [-0.2, 0) is 22.8 Å². The van der Waals surface area contributed by atoms with Crippen molar-refractivity contribution in [2.75, 3.05) is 6.54 Å². The minimum Gasteiger partial charge on any atom is -0.460 e. The molecular weight excluding hydrogens is 374 g/mol. The van der Waals surface area contributed by atoms with E-state index < -0.39 is 9.84 Å². The number of furan rings is 1. The molecule has 1 N–H and O–H groups in total. The number of aromatic nitrogens is 2. The number of aryl methyl sites for hydroxylation is 1. The Morgan fingerprint density at radius 2 is 1.96 bits per heavy atom. The molecule has 0 spiro atoms. The van der Waals surface area contributed by atoms with E-state index in [0.29, 0.717) is 11.4 Å². The second-order valence-electron chi connectivity index (χ2n) is 7.00. The van der Waals surface area contributed by atoms with Crippen LogP contribution in [0.1, 0.15) is 16.9 Å². The van der Waals surface area contributed by atoms with Crippen molar-refractivity contribution in [1.29, 1.82) is 0 Å². The molecule has 0 aliphatic carbocycles. The fourth-order valence-corrected chi connectivity index (χ4v) is 5.11. The summed E-state index contributed by atoms with van der Waals surface area (Å²) >= 11 is 0. The lowest BCUT2D eigenvalue weighted by Gasteiger charge is -2.11. The van der Waals surface area contributed by atoms with Crippen LogP contribution in [0.3, 0.4) is 0 Å². The summed E-state index contributed by atoms with van der Waals surface area (Å²) in [5.41, 5.74) is 3.49. The summed E-state index contributed by atoms with van der Waals surface area (Å²) in [5, 5.41) is 8.38. The minimum absolute atomic E-state index is 0.262. The average Bonchev–Trinajstić information content (AvgIpc) is 3.36. The first kappa shape index (κ1) is 17.2. The fraction of sp³-hybridized carbons (Fsp3) is 0.190. The lowest BCUT2D eigenvalue weighted by molar-refractivity contribution is 0.499. The average molecular weight is 393 g/mol. The van der Waals surface area contributed by atoms with E-state index in [-0.39, 0.29) is 4.90 Å². The monoisotopic (exact) mass is 393 g/mol. The maximum atomic E-state index is 13.2. The van der Waals surface area contributed by atoms with E-state index in [1.54, 1.807) is 47.3 Å². The number of fused-ring (bicyclic) bond motifs is 3. The third-order valence-corrected chi connectivity index (χ3v) is 6.94. The molecule has 0 saturated carbocycles. The summed E-state index contributed by atoms with van der Waals surface area (Å²) < 4.78 is 34.2. The van der Waals surface area contributed by atoms with Gasteiger partial charge in [-0.25, -0.2) is 13.1 Å². The highest BCUT2D eigenvalue weighted by Gasteiger charge is 2.24. The van der Waals surface area contributed by atoms with E-state index in [1.165, 1.54) is 0 Å². The number of rotatable bonds is 3. The molecule has 0 fully saturated rings. The Kier molecular flexibility index (Phi) is 3.89. The van der Waals surface area contributed by atoms with Crippen LogP contribution >= 0.6 is 0 Å². The van der Waals surface area contributed by atoms with Crippen LogP contribution in [0.25, 0.3) is 16.7 Å². The van der Waals surface area contributed by atoms with Crippen molar-refractivity contribution >= 4 is 20.8 Å². The standard InChI is InChI=1S/C21H19N3O3S/c1-14-11-17(12-18-19-13-22-9-7-20(19)27-21(14)18)28(25,26)16-5-3-15(4-6-16)24-10-2-8-23-24/h2-6,8,10-12,22H,7,9,13H2,1H3. The Hall–Kier alpha value is -2.90. The predicted molar refractivity (Wildman–Crippen MR) is 105 cm³/mol. The molecule has 2 aromatic heterocycles. The predicted octanol–water partition coefficient (Wildman–Crippen LogP) is 3.41. The van der Waals surface area contributed by atoms with E-state index in [9.17, 15) is 8.42 Å². The van der Waals surface area contributed by atoms with E-state index in [0.717, 1.165) is 46.5 Å². The third-order valence-electron chi connectivity index (χ3n) is 5.19. The van der Waals surface area contributed by atoms with Crippen LogP contribution in [0, 0.1) is 6.92 Å². The second kappa shape index (κ2) is 6.32. The number of benzene rings is 2. The lowest BCUT2D eigenvalue weighted by atomic mass is 10.0. The quantitative estimate of drug-likeness (QED) is 0.577. The maximum absolute atomic E-state index is 13.2. The van der Waals surface area contributed by atoms with Crippen LogP contribution in [0.15, 0.2) is 69.1 Å². The summed E-state index contributed by atoms with van der Waals surface area (Å²) in [4.78, 5) is 0.552. The molecule has 1 aliphatic rings. The largest absolute Gasteiger partial charge is 0.460 e. The van der Waals surface area contributed by atoms with Crippen LogP contribution in [-0.4, -0.2) is 24.7 Å². The van der Waals surface area contributed by atoms with Gasteiger partial charge in [-0.3, -0.25) is 0 Å². The van der Waals surface area contributed by atoms with Gasteiger partial charge in [0.05, 0.1) is 15.5 Å². The molecule has 5 rings (SSSR count). The molecule has 0 saturated heterocycles. The molecule has 0 unspecified atom stereocenters. The highest BCUT2D eigenvalue weighted by Crippen LogP contribution is 2.34. The summed E-state index contributed by atoms with van der Waals surface area (Å²) in [7, 11) is -3.63. The molecule has 6 nitrogen and oxygen atoms in total. The smallest absolute Gasteiger partial charge is 0.206 e. The van der Waals surface area contributed by atoms with Gasteiger partial charge < -0.3 is 9.73 Å². The van der Waals surface area contributed by atoms with Gasteiger partial charge in [-0.1, -0.05) is 0 Å². The fourth-order valence-electron chi connectivity index (χ4n) is 3.74. The van der Waals surface area contributed by atoms with Crippen molar-refractivity contribution in [3.8, 4) is 5.69 Å². The highest BCUT2D eigenvalue weighted by molar-refractivity contribution is 7.91. The van der Waals surface area contributed by atoms with E-state index in [1.807, 2.05) is 19.2 Å². The summed E-state index contributed by atoms with van der Waals surface area (Å²) in [6.45, 7) is 3.47. The number of sulfone groups is 1. The zero-order valence-electron chi connectivity index (χ0n) is 15.3. The highest BCUT2D eigenvalue weighted by atomic mass is 32.2. The Balaban J connectivity index is 1.60. The van der Waals surface area contributed by atoms with Gasteiger partial charge in [0.15, 0.2) is 0 Å². The van der Waals surface area contributed by atoms with Crippen LogP contribution in [0.5, 0.6) is 0 Å². The van der Waals surface area contributed by atoms with Crippen molar-refractivity contribution < 1.29 is 12.8 Å². The number of nitrogens with one attached hydrogen (secondary N) is 1. The first-order chi connectivity index (χ1) is 13.5. The molecule has 0 amide bonds. The van der Waals surface area contributed by atoms with Crippen LogP contribution < -0.4 is 5.32 Å². The zero-order valence-corrected chi connectivity index (χ0v) is 16.2. The van der Waals surface area contributed by atoms with Gasteiger partial charge in [0.1, 0.15) is 11.3 Å². The molecule has 0 atom stereocenters. The van der Waals surface area contributed by atoms with Crippen molar-refractivity contribution in [2.45, 2.75) is 29.7 Å². The van der Waals surface area contributed by atoms with Gasteiger partial charge in [-0.05, 0) is 55.0 Å². The first-order valence-electron chi connectivity index (χ1n) is 9.15. The summed E-state index contributed by atoms with van der Waals surface area (Å²) in [5.74, 6) is 0.954. The SMILES string of the molecule is Cc1cc(S(=O)(=O)c2ccc(-n3cccn3)cc2)cc2c3c(oc12)CCNC3. The molecule has 0 radical (unpaired) electrons. The van der Waals surface area contributed by atoms with Gasteiger partial charge in [-0.15, -0.1) is 0 Å². The Morgan fingerprint density at radius 3 is 2.71 bits per heavy atom. The minimum atomic E-state index is -3.63. The molecule has 1 aliphatic heterocycles. The second-order valence-corrected chi connectivity index (χ2v) is 8.95. The third kappa shape index (κ3) is 2.66.